The monoisotopic (exact) mass is 920 g/mol. The summed E-state index contributed by atoms with van der Waals surface area (Å²) in [6.07, 6.45) is 2.66. The molecule has 8 rings (SSSR count). The molecule has 1 aromatic heterocycles. The van der Waals surface area contributed by atoms with E-state index in [-0.39, 0.29) is 71.6 Å². The van der Waals surface area contributed by atoms with Crippen molar-refractivity contribution in [2.24, 2.45) is 10.8 Å². The van der Waals surface area contributed by atoms with Crippen molar-refractivity contribution < 1.29 is 28.7 Å². The number of imide groups is 1. The molecule has 4 heterocycles. The SMILES string of the molecule is CC1(C)C(NC(=O)c2ccc(N3CCN(CCCOC4CCN(C(=O)CNc5ccc6nnn(C7CCC(=O)NC7=O)c(=O)c6c5)CC4)CC3)cc2)C(C)(C)C1Oc1ccc(C#N)c(Cl)c1. The maximum absolute atomic E-state index is 13.5. The number of aromatic nitrogens is 3. The lowest BCUT2D eigenvalue weighted by Gasteiger charge is -2.63. The molecule has 18 heteroatoms. The van der Waals surface area contributed by atoms with Crippen LogP contribution >= 0.6 is 11.6 Å². The van der Waals surface area contributed by atoms with Crippen LogP contribution in [0.4, 0.5) is 11.4 Å². The molecule has 3 aliphatic heterocycles. The van der Waals surface area contributed by atoms with Crippen molar-refractivity contribution in [3.63, 3.8) is 0 Å². The number of hydrogen-bond donors (Lipinski definition) is 3. The molecule has 4 aromatic rings. The minimum Gasteiger partial charge on any atom is -0.489 e. The first kappa shape index (κ1) is 46.4. The first-order chi connectivity index (χ1) is 31.6. The molecule has 3 saturated heterocycles. The second kappa shape index (κ2) is 19.4. The van der Waals surface area contributed by atoms with Gasteiger partial charge in [0, 0.05) is 98.7 Å². The smallest absolute Gasteiger partial charge is 0.278 e. The summed E-state index contributed by atoms with van der Waals surface area (Å²) in [5, 5.41) is 26.5. The van der Waals surface area contributed by atoms with E-state index in [4.69, 9.17) is 21.1 Å². The Bertz CT molecular complexity index is 2560. The Kier molecular flexibility index (Phi) is 13.7. The van der Waals surface area contributed by atoms with E-state index in [1.807, 2.05) is 29.2 Å². The molecule has 1 unspecified atom stereocenters. The predicted molar refractivity (Wildman–Crippen MR) is 248 cm³/mol. The Morgan fingerprint density at radius 2 is 1.65 bits per heavy atom. The third-order valence-electron chi connectivity index (χ3n) is 13.7. The molecule has 0 spiro atoms. The molecule has 348 valence electrons. The van der Waals surface area contributed by atoms with Gasteiger partial charge >= 0.3 is 0 Å². The summed E-state index contributed by atoms with van der Waals surface area (Å²) in [5.41, 5.74) is 1.84. The van der Waals surface area contributed by atoms with Crippen LogP contribution in [0.3, 0.4) is 0 Å². The van der Waals surface area contributed by atoms with E-state index < -0.39 is 17.5 Å². The number of nitriles is 1. The normalized spacial score (nSPS) is 22.0. The molecular weight excluding hydrogens is 864 g/mol. The van der Waals surface area contributed by atoms with E-state index in [0.717, 1.165) is 62.4 Å². The summed E-state index contributed by atoms with van der Waals surface area (Å²) >= 11 is 6.25. The van der Waals surface area contributed by atoms with Crippen molar-refractivity contribution in [2.75, 3.05) is 69.2 Å². The van der Waals surface area contributed by atoms with E-state index in [1.54, 1.807) is 36.4 Å². The molecule has 4 aliphatic rings. The molecule has 3 N–H and O–H groups in total. The first-order valence-electron chi connectivity index (χ1n) is 22.7. The van der Waals surface area contributed by atoms with Gasteiger partial charge in [0.05, 0.1) is 28.6 Å². The molecule has 4 amide bonds. The second-order valence-electron chi connectivity index (χ2n) is 18.9. The number of amides is 4. The van der Waals surface area contributed by atoms with Gasteiger partial charge in [0.15, 0.2) is 0 Å². The molecule has 1 aliphatic carbocycles. The van der Waals surface area contributed by atoms with Gasteiger partial charge in [-0.25, -0.2) is 0 Å². The van der Waals surface area contributed by atoms with Crippen LogP contribution in [0.2, 0.25) is 5.02 Å². The van der Waals surface area contributed by atoms with Gasteiger partial charge in [-0.3, -0.25) is 34.2 Å². The Morgan fingerprint density at radius 3 is 2.33 bits per heavy atom. The molecule has 66 heavy (non-hydrogen) atoms. The summed E-state index contributed by atoms with van der Waals surface area (Å²) in [6, 6.07) is 18.9. The van der Waals surface area contributed by atoms with Crippen LogP contribution in [0.5, 0.6) is 5.75 Å². The fourth-order valence-electron chi connectivity index (χ4n) is 10.2. The molecule has 17 nitrogen and oxygen atoms in total. The van der Waals surface area contributed by atoms with E-state index in [0.29, 0.717) is 52.8 Å². The molecule has 0 radical (unpaired) electrons. The fraction of sp³-hybridized carbons (Fsp3) is 0.500. The van der Waals surface area contributed by atoms with Crippen molar-refractivity contribution in [1.82, 2.24) is 35.4 Å². The van der Waals surface area contributed by atoms with E-state index in [2.05, 4.69) is 69.8 Å². The summed E-state index contributed by atoms with van der Waals surface area (Å²) < 4.78 is 13.6. The molecule has 4 fully saturated rings. The number of benzene rings is 3. The van der Waals surface area contributed by atoms with Gasteiger partial charge in [0.1, 0.15) is 29.5 Å². The van der Waals surface area contributed by atoms with E-state index in [1.165, 1.54) is 0 Å². The number of ether oxygens (including phenoxy) is 2. The molecule has 3 aromatic carbocycles. The lowest BCUT2D eigenvalue weighted by molar-refractivity contribution is -0.164. The highest BCUT2D eigenvalue weighted by Gasteiger charge is 2.64. The Hall–Kier alpha value is -6.09. The minimum absolute atomic E-state index is 0.0465. The number of anilines is 2. The highest BCUT2D eigenvalue weighted by molar-refractivity contribution is 6.31. The molecular formula is C48H57ClN10O7. The molecule has 1 atom stereocenters. The zero-order valence-corrected chi connectivity index (χ0v) is 38.6. The number of nitrogens with one attached hydrogen (secondary N) is 3. The van der Waals surface area contributed by atoms with Crippen LogP contribution in [-0.2, 0) is 19.1 Å². The first-order valence-corrected chi connectivity index (χ1v) is 23.1. The number of fused-ring (bicyclic) bond motifs is 1. The maximum Gasteiger partial charge on any atom is 0.278 e. The summed E-state index contributed by atoms with van der Waals surface area (Å²) in [6.45, 7) is 14.9. The number of hydrogen-bond acceptors (Lipinski definition) is 13. The maximum atomic E-state index is 13.5. The number of nitrogens with zero attached hydrogens (tertiary/aromatic N) is 7. The number of halogens is 1. The van der Waals surface area contributed by atoms with E-state index in [9.17, 15) is 29.2 Å². The van der Waals surface area contributed by atoms with Gasteiger partial charge in [-0.2, -0.15) is 9.94 Å². The van der Waals surface area contributed by atoms with Crippen LogP contribution < -0.4 is 31.1 Å². The zero-order chi connectivity index (χ0) is 46.8. The second-order valence-corrected chi connectivity index (χ2v) is 19.3. The predicted octanol–water partition coefficient (Wildman–Crippen LogP) is 4.54. The van der Waals surface area contributed by atoms with Gasteiger partial charge in [0.25, 0.3) is 17.4 Å². The van der Waals surface area contributed by atoms with Gasteiger partial charge in [-0.15, -0.1) is 5.10 Å². The third kappa shape index (κ3) is 9.86. The Morgan fingerprint density at radius 1 is 0.924 bits per heavy atom. The van der Waals surface area contributed by atoms with Crippen LogP contribution in [0.15, 0.2) is 65.5 Å². The lowest BCUT2D eigenvalue weighted by atomic mass is 9.49. The minimum atomic E-state index is -0.914. The van der Waals surface area contributed by atoms with Crippen LogP contribution in [0.1, 0.15) is 81.8 Å². The number of piperazine rings is 1. The average molecular weight is 921 g/mol. The average Bonchev–Trinajstić information content (AvgIpc) is 3.31. The molecule has 0 bridgehead atoms. The number of likely N-dealkylation sites (tertiary alicyclic amines) is 1. The quantitative estimate of drug-likeness (QED) is 0.118. The Labute approximate surface area is 388 Å². The van der Waals surface area contributed by atoms with Crippen molar-refractivity contribution in [3.8, 4) is 11.8 Å². The largest absolute Gasteiger partial charge is 0.489 e. The summed E-state index contributed by atoms with van der Waals surface area (Å²) in [5.74, 6) is -0.532. The van der Waals surface area contributed by atoms with Crippen molar-refractivity contribution in [1.29, 1.82) is 5.26 Å². The van der Waals surface area contributed by atoms with Crippen LogP contribution in [0, 0.1) is 22.2 Å². The van der Waals surface area contributed by atoms with Gasteiger partial charge < -0.3 is 29.9 Å². The van der Waals surface area contributed by atoms with Crippen LogP contribution in [0.25, 0.3) is 10.9 Å². The highest BCUT2D eigenvalue weighted by Crippen LogP contribution is 2.55. The Balaban J connectivity index is 0.713. The van der Waals surface area contributed by atoms with Crippen molar-refractivity contribution >= 4 is 57.5 Å². The standard InChI is InChI=1S/C48H57ClN10O7/c1-47(2)45(48(3,4)46(47)66-35-12-8-31(28-50)37(49)27-35)53-42(62)30-6-10-33(11-7-30)57-23-21-56(22-24-57)18-5-25-65-34-16-19-58(20-17-34)41(61)29-51-32-9-13-38-36(26-32)44(64)59(55-54-38)39-14-15-40(60)52-43(39)63/h6-13,26-27,34,39,45-46,51H,5,14-25,29H2,1-4H3,(H,53,62)(H,52,60,63). The van der Waals surface area contributed by atoms with Crippen molar-refractivity contribution in [2.45, 2.75) is 84.1 Å². The zero-order valence-electron chi connectivity index (χ0n) is 37.8. The number of rotatable bonds is 14. The van der Waals surface area contributed by atoms with E-state index >= 15 is 0 Å². The number of carbonyl (C=O) groups is 4. The fourth-order valence-corrected chi connectivity index (χ4v) is 10.5. The molecule has 1 saturated carbocycles. The van der Waals surface area contributed by atoms with Gasteiger partial charge in [0.2, 0.25) is 11.8 Å². The summed E-state index contributed by atoms with van der Waals surface area (Å²) in [4.78, 5) is 70.4. The lowest BCUT2D eigenvalue weighted by Crippen LogP contribution is -2.74. The third-order valence-corrected chi connectivity index (χ3v) is 14.0. The topological polar surface area (TPSA) is 204 Å². The number of carbonyl (C=O) groups excluding carboxylic acids is 4. The van der Waals surface area contributed by atoms with Gasteiger partial charge in [-0.05, 0) is 80.3 Å². The van der Waals surface area contributed by atoms with Gasteiger partial charge in [-0.1, -0.05) is 44.5 Å². The summed E-state index contributed by atoms with van der Waals surface area (Å²) in [7, 11) is 0. The van der Waals surface area contributed by atoms with Crippen LogP contribution in [-0.4, -0.2) is 126 Å². The number of piperidine rings is 2. The van der Waals surface area contributed by atoms with Crippen molar-refractivity contribution in [3.05, 3.63) is 87.2 Å². The highest BCUT2D eigenvalue weighted by atomic mass is 35.5.